The quantitative estimate of drug-likeness (QED) is 0.0277. The number of aliphatic hydroxyl groups is 1. The molecule has 0 aliphatic rings. The Morgan fingerprint density at radius 1 is 0.456 bits per heavy atom. The summed E-state index contributed by atoms with van der Waals surface area (Å²) in [7, 11) is -7.35. The van der Waals surface area contributed by atoms with Crippen LogP contribution in [-0.4, -0.2) is 89.2 Å². The van der Waals surface area contributed by atoms with E-state index in [9.17, 15) is 5.11 Å². The zero-order valence-electron chi connectivity index (χ0n) is 61.9. The number of aliphatic hydroxyl groups excluding tert-OH is 1. The molecule has 4 aromatic carbocycles. The van der Waals surface area contributed by atoms with Crippen LogP contribution in [0.5, 0.6) is 5.75 Å². The lowest BCUT2D eigenvalue weighted by Crippen LogP contribution is -2.48. The minimum absolute atomic E-state index is 0.000461. The standard InChI is InChI=1S/C78H130O8Si4/c1-58(45-52-70(84-88(22,23)75(10,11)12)63(6)73(62(5)56-79)81-57-64-47-50-68(80-19)51-48-64)54-61(4)72(86-90(26,27)77(16,17)18)60(3)46-49-69(83-87(20,21)74(7,8)9)55-71(85-89(24,25)76(13,14)15)59(2)38-37-53-82-78(65-39-31-28-32-40-65,66-41-33-29-34-42-66)67-43-35-30-36-44-67/h28-44,46-51,58-63,69-73,79H,45,52-57H2,1-27H3/t58-,59+,60-,61-,62-,63-,69+,70+,71-,72-,73-/m0/s1. The van der Waals surface area contributed by atoms with Crippen molar-refractivity contribution in [2.24, 2.45) is 35.5 Å². The van der Waals surface area contributed by atoms with Gasteiger partial charge >= 0.3 is 0 Å². The summed E-state index contributed by atoms with van der Waals surface area (Å²) in [5, 5.41) is 10.7. The Kier molecular flexibility index (Phi) is 29.4. The van der Waals surface area contributed by atoms with Gasteiger partial charge in [0, 0.05) is 24.9 Å². The van der Waals surface area contributed by atoms with Crippen LogP contribution in [0.2, 0.25) is 72.5 Å². The minimum Gasteiger partial charge on any atom is -0.497 e. The first kappa shape index (κ1) is 79.2. The number of hydrogen-bond acceptors (Lipinski definition) is 8. The van der Waals surface area contributed by atoms with Crippen LogP contribution >= 0.6 is 0 Å². The van der Waals surface area contributed by atoms with Crippen molar-refractivity contribution in [2.45, 2.75) is 266 Å². The summed E-state index contributed by atoms with van der Waals surface area (Å²) in [5.74, 6) is 1.65. The number of ether oxygens (including phenoxy) is 3. The molecule has 0 spiro atoms. The van der Waals surface area contributed by atoms with Gasteiger partial charge in [0.25, 0.3) is 0 Å². The smallest absolute Gasteiger partial charge is 0.192 e. The second-order valence-corrected chi connectivity index (χ2v) is 52.0. The van der Waals surface area contributed by atoms with Crippen LogP contribution in [-0.2, 0) is 39.4 Å². The Hall–Kier alpha value is -3.25. The predicted molar refractivity (Wildman–Crippen MR) is 394 cm³/mol. The third-order valence-electron chi connectivity index (χ3n) is 21.4. The second kappa shape index (κ2) is 33.4. The maximum absolute atomic E-state index is 10.7. The molecule has 1 N–H and O–H groups in total. The van der Waals surface area contributed by atoms with Crippen molar-refractivity contribution in [2.75, 3.05) is 20.3 Å². The molecule has 0 radical (unpaired) electrons. The van der Waals surface area contributed by atoms with Crippen molar-refractivity contribution in [3.63, 3.8) is 0 Å². The number of hydrogen-bond donors (Lipinski definition) is 1. The number of benzene rings is 4. The highest BCUT2D eigenvalue weighted by atomic mass is 28.4. The highest BCUT2D eigenvalue weighted by Gasteiger charge is 2.46. The minimum atomic E-state index is -2.30. The zero-order valence-corrected chi connectivity index (χ0v) is 65.9. The molecule has 0 saturated heterocycles. The van der Waals surface area contributed by atoms with Gasteiger partial charge < -0.3 is 37.0 Å². The molecule has 11 atom stereocenters. The summed E-state index contributed by atoms with van der Waals surface area (Å²) in [5.41, 5.74) is 3.52. The molecular weight excluding hydrogens is 1180 g/mol. The molecular formula is C78H130O8Si4. The third kappa shape index (κ3) is 22.2. The molecule has 0 unspecified atom stereocenters. The van der Waals surface area contributed by atoms with Gasteiger partial charge in [0.1, 0.15) is 11.4 Å². The summed E-state index contributed by atoms with van der Waals surface area (Å²) in [4.78, 5) is 0. The fourth-order valence-electron chi connectivity index (χ4n) is 11.3. The molecule has 0 aliphatic heterocycles. The van der Waals surface area contributed by atoms with Crippen LogP contribution in [0.15, 0.2) is 140 Å². The first-order chi connectivity index (χ1) is 41.5. The number of rotatable bonds is 35. The Morgan fingerprint density at radius 3 is 1.32 bits per heavy atom. The largest absolute Gasteiger partial charge is 0.497 e. The third-order valence-corrected chi connectivity index (χ3v) is 39.4. The maximum Gasteiger partial charge on any atom is 0.192 e. The lowest BCUT2D eigenvalue weighted by molar-refractivity contribution is -0.0737. The van der Waals surface area contributed by atoms with Crippen molar-refractivity contribution >= 4 is 33.3 Å². The van der Waals surface area contributed by atoms with E-state index < -0.39 is 38.9 Å². The van der Waals surface area contributed by atoms with E-state index in [0.717, 1.165) is 53.7 Å². The summed E-state index contributed by atoms with van der Waals surface area (Å²) in [6.07, 6.45) is 12.5. The van der Waals surface area contributed by atoms with E-state index in [1.165, 1.54) is 0 Å². The van der Waals surface area contributed by atoms with Gasteiger partial charge in [-0.1, -0.05) is 252 Å². The van der Waals surface area contributed by atoms with E-state index in [-0.39, 0.29) is 86.9 Å². The molecule has 4 rings (SSSR count). The molecule has 0 fully saturated rings. The van der Waals surface area contributed by atoms with Crippen LogP contribution in [0.25, 0.3) is 0 Å². The lowest BCUT2D eigenvalue weighted by atomic mass is 9.80. The van der Waals surface area contributed by atoms with Crippen LogP contribution in [0.4, 0.5) is 0 Å². The Morgan fingerprint density at radius 2 is 0.889 bits per heavy atom. The first-order valence-electron chi connectivity index (χ1n) is 34.3. The highest BCUT2D eigenvalue weighted by molar-refractivity contribution is 6.75. The van der Waals surface area contributed by atoms with E-state index in [2.05, 4.69) is 304 Å². The van der Waals surface area contributed by atoms with Crippen molar-refractivity contribution in [1.82, 2.24) is 0 Å². The van der Waals surface area contributed by atoms with Gasteiger partial charge in [-0.2, -0.15) is 0 Å². The average molecular weight is 1310 g/mol. The molecule has 4 aromatic rings. The lowest BCUT2D eigenvalue weighted by Gasteiger charge is -2.44. The van der Waals surface area contributed by atoms with E-state index in [1.54, 1.807) is 7.11 Å². The zero-order chi connectivity index (χ0) is 67.9. The fourth-order valence-corrected chi connectivity index (χ4v) is 16.9. The van der Waals surface area contributed by atoms with Gasteiger partial charge in [-0.05, 0) is 150 Å². The molecule has 8 nitrogen and oxygen atoms in total. The van der Waals surface area contributed by atoms with E-state index >= 15 is 0 Å². The Bertz CT molecular complexity index is 2640. The predicted octanol–water partition coefficient (Wildman–Crippen LogP) is 21.6. The van der Waals surface area contributed by atoms with Gasteiger partial charge in [0.2, 0.25) is 0 Å². The van der Waals surface area contributed by atoms with E-state index in [0.29, 0.717) is 19.1 Å². The van der Waals surface area contributed by atoms with Crippen LogP contribution < -0.4 is 4.74 Å². The van der Waals surface area contributed by atoms with Gasteiger partial charge in [-0.15, -0.1) is 0 Å². The Labute approximate surface area is 556 Å². The fraction of sp³-hybridized carbons (Fsp3) is 0.641. The van der Waals surface area contributed by atoms with Crippen molar-refractivity contribution < 1.29 is 37.0 Å². The van der Waals surface area contributed by atoms with Gasteiger partial charge in [-0.25, -0.2) is 0 Å². The summed E-state index contributed by atoms with van der Waals surface area (Å²) >= 11 is 0. The molecule has 90 heavy (non-hydrogen) atoms. The Balaban J connectivity index is 1.72. The van der Waals surface area contributed by atoms with Crippen LogP contribution in [0.1, 0.15) is 173 Å². The monoisotopic (exact) mass is 1310 g/mol. The molecule has 0 aromatic heterocycles. The second-order valence-electron chi connectivity index (χ2n) is 33.0. The first-order valence-corrected chi connectivity index (χ1v) is 45.9. The van der Waals surface area contributed by atoms with Gasteiger partial charge in [0.05, 0.1) is 50.8 Å². The molecule has 506 valence electrons. The molecule has 0 saturated carbocycles. The van der Waals surface area contributed by atoms with Gasteiger partial charge in [0.15, 0.2) is 33.3 Å². The SMILES string of the molecule is COc1ccc(CO[C@H]([C@@H](C)[C@@H](CC[C@H](C)C[C@H](C)[C@@H](O[Si](C)(C)C(C)(C)C)[C@@H](C)C=C[C@H](C[C@H](O[Si](C)(C)C(C)(C)C)[C@H](C)C=CCOC(c2ccccc2)(c2ccccc2)c2ccccc2)O[Si](C)(C)C(C)(C)C)O[Si](C)(C)C(C)(C)C)[C@@H](C)CO)cc1. The average Bonchev–Trinajstić information content (AvgIpc) is 0.816. The summed E-state index contributed by atoms with van der Waals surface area (Å²) in [6.45, 7) is 62.1. The highest BCUT2D eigenvalue weighted by Crippen LogP contribution is 2.46. The van der Waals surface area contributed by atoms with Crippen molar-refractivity contribution in [3.8, 4) is 5.75 Å². The topological polar surface area (TPSA) is 84.8 Å². The molecule has 0 amide bonds. The van der Waals surface area contributed by atoms with Crippen molar-refractivity contribution in [3.05, 3.63) is 162 Å². The van der Waals surface area contributed by atoms with Crippen molar-refractivity contribution in [1.29, 1.82) is 0 Å². The summed E-state index contributed by atoms with van der Waals surface area (Å²) in [6, 6.07) is 40.0. The molecule has 0 bridgehead atoms. The van der Waals surface area contributed by atoms with Crippen LogP contribution in [0.3, 0.4) is 0 Å². The maximum atomic E-state index is 10.7. The molecule has 0 aliphatic carbocycles. The molecule has 0 heterocycles. The van der Waals surface area contributed by atoms with E-state index in [4.69, 9.17) is 31.9 Å². The van der Waals surface area contributed by atoms with Crippen LogP contribution in [0, 0.1) is 35.5 Å². The number of methoxy groups -OCH3 is 1. The molecule has 12 heteroatoms. The summed E-state index contributed by atoms with van der Waals surface area (Å²) < 4.78 is 49.8. The normalized spacial score (nSPS) is 17.6. The van der Waals surface area contributed by atoms with Gasteiger partial charge in [-0.3, -0.25) is 0 Å². The van der Waals surface area contributed by atoms with E-state index in [1.807, 2.05) is 12.1 Å².